The fourth-order valence-corrected chi connectivity index (χ4v) is 6.22. The summed E-state index contributed by atoms with van der Waals surface area (Å²) in [5.74, 6) is 0. The van der Waals surface area contributed by atoms with Crippen LogP contribution < -0.4 is 10.6 Å². The molecule has 0 saturated heterocycles. The molecule has 0 unspecified atom stereocenters. The zero-order chi connectivity index (χ0) is 30.7. The lowest BCUT2D eigenvalue weighted by Gasteiger charge is -2.23. The predicted molar refractivity (Wildman–Crippen MR) is 189 cm³/mol. The summed E-state index contributed by atoms with van der Waals surface area (Å²) >= 11 is 0. The molecule has 1 heterocycles. The van der Waals surface area contributed by atoms with E-state index in [1.807, 2.05) is 31.2 Å². The normalized spacial score (nSPS) is 15.1. The van der Waals surface area contributed by atoms with E-state index < -0.39 is 0 Å². The number of nitrogens with zero attached hydrogens (tertiary/aromatic N) is 1. The van der Waals surface area contributed by atoms with Crippen molar-refractivity contribution in [1.82, 2.24) is 4.57 Å². The molecule has 1 heteroatoms. The van der Waals surface area contributed by atoms with Gasteiger partial charge in [0.1, 0.15) is 0 Å². The first kappa shape index (κ1) is 29.6. The second kappa shape index (κ2) is 12.2. The van der Waals surface area contributed by atoms with Crippen LogP contribution in [-0.4, -0.2) is 4.57 Å². The molecular weight excluding hydrogens is 518 g/mol. The zero-order valence-corrected chi connectivity index (χ0v) is 26.1. The first-order chi connectivity index (χ1) is 20.8. The maximum Gasteiger partial charge on any atom is 0.0531 e. The van der Waals surface area contributed by atoms with Crippen molar-refractivity contribution in [3.05, 3.63) is 166 Å². The summed E-state index contributed by atoms with van der Waals surface area (Å²) in [5.41, 5.74) is 13.0. The molecule has 0 amide bonds. The van der Waals surface area contributed by atoms with Gasteiger partial charge in [-0.05, 0) is 106 Å². The van der Waals surface area contributed by atoms with Gasteiger partial charge in [-0.15, -0.1) is 0 Å². The maximum atomic E-state index is 4.44. The highest BCUT2D eigenvalue weighted by atomic mass is 15.0. The molecule has 214 valence electrons. The number of allylic oxidation sites excluding steroid dienone is 9. The Hall–Kier alpha value is -4.88. The van der Waals surface area contributed by atoms with Gasteiger partial charge in [0, 0.05) is 11.1 Å². The summed E-state index contributed by atoms with van der Waals surface area (Å²) < 4.78 is 2.29. The average molecular weight is 560 g/mol. The molecule has 4 aromatic rings. The van der Waals surface area contributed by atoms with Gasteiger partial charge in [0.15, 0.2) is 0 Å². The van der Waals surface area contributed by atoms with Crippen LogP contribution in [0.5, 0.6) is 0 Å². The SMILES string of the molecule is C=CC1=C(/C=C\C)C(C)(C)c2cc(-c3ccc(/C(C=C)=C/c4c(C)c(=C)/c(=C\C=C/C)n4-c4ccccc4)cc3)ccc21. The molecule has 0 N–H and O–H groups in total. The summed E-state index contributed by atoms with van der Waals surface area (Å²) in [6, 6.07) is 26.1. The second-order valence-electron chi connectivity index (χ2n) is 11.5. The van der Waals surface area contributed by atoms with Crippen LogP contribution in [0.15, 0.2) is 128 Å². The summed E-state index contributed by atoms with van der Waals surface area (Å²) in [6.45, 7) is 23.6. The van der Waals surface area contributed by atoms with Crippen molar-refractivity contribution in [2.45, 2.75) is 40.0 Å². The van der Waals surface area contributed by atoms with Crippen LogP contribution in [0.2, 0.25) is 0 Å². The Bertz CT molecular complexity index is 1930. The van der Waals surface area contributed by atoms with Gasteiger partial charge in [-0.2, -0.15) is 0 Å². The summed E-state index contributed by atoms with van der Waals surface area (Å²) in [5, 5.41) is 2.11. The third kappa shape index (κ3) is 5.28. The topological polar surface area (TPSA) is 4.93 Å². The standard InChI is InChI=1S/C42H41N/c1-9-13-20-40-29(5)30(6)41(43(40)35-18-15-14-16-19-35)28-31(11-3)32-21-23-33(24-22-32)34-25-26-37-36(12-4)38(17-10-2)42(7,8)39(37)27-34/h9-28H,3-5H2,1-2,6-8H3/b13-9-,17-10-,31-28+,40-20+. The van der Waals surface area contributed by atoms with Crippen LogP contribution in [0, 0.1) is 6.92 Å². The molecule has 1 nitrogen and oxygen atoms in total. The van der Waals surface area contributed by atoms with Gasteiger partial charge in [-0.1, -0.05) is 125 Å². The van der Waals surface area contributed by atoms with E-state index in [2.05, 4.69) is 149 Å². The van der Waals surface area contributed by atoms with Crippen molar-refractivity contribution in [3.63, 3.8) is 0 Å². The first-order valence-electron chi connectivity index (χ1n) is 14.9. The number of benzene rings is 3. The van der Waals surface area contributed by atoms with E-state index in [0.717, 1.165) is 38.6 Å². The molecular formula is C42H41N. The highest BCUT2D eigenvalue weighted by Gasteiger charge is 2.35. The zero-order valence-electron chi connectivity index (χ0n) is 26.1. The fraction of sp³-hybridized carbons (Fsp3) is 0.143. The second-order valence-corrected chi connectivity index (χ2v) is 11.5. The Morgan fingerprint density at radius 3 is 2.19 bits per heavy atom. The van der Waals surface area contributed by atoms with E-state index in [4.69, 9.17) is 0 Å². The lowest BCUT2D eigenvalue weighted by atomic mass is 9.80. The van der Waals surface area contributed by atoms with Crippen molar-refractivity contribution in [3.8, 4) is 16.8 Å². The Morgan fingerprint density at radius 1 is 0.860 bits per heavy atom. The number of hydrogen-bond donors (Lipinski definition) is 0. The molecule has 0 fully saturated rings. The van der Waals surface area contributed by atoms with Crippen molar-refractivity contribution in [2.75, 3.05) is 0 Å². The van der Waals surface area contributed by atoms with Gasteiger partial charge in [0.2, 0.25) is 0 Å². The third-order valence-corrected chi connectivity index (χ3v) is 8.64. The highest BCUT2D eigenvalue weighted by Crippen LogP contribution is 2.48. The first-order valence-corrected chi connectivity index (χ1v) is 14.9. The molecule has 3 aromatic carbocycles. The number of fused-ring (bicyclic) bond motifs is 1. The Kier molecular flexibility index (Phi) is 8.37. The molecule has 0 saturated carbocycles. The van der Waals surface area contributed by atoms with Crippen molar-refractivity contribution in [1.29, 1.82) is 0 Å². The van der Waals surface area contributed by atoms with Crippen LogP contribution in [-0.2, 0) is 5.41 Å². The van der Waals surface area contributed by atoms with Crippen molar-refractivity contribution in [2.24, 2.45) is 0 Å². The molecule has 0 aliphatic heterocycles. The largest absolute Gasteiger partial charge is 0.310 e. The smallest absolute Gasteiger partial charge is 0.0531 e. The number of rotatable bonds is 8. The van der Waals surface area contributed by atoms with Crippen LogP contribution in [0.3, 0.4) is 0 Å². The molecule has 0 radical (unpaired) electrons. The third-order valence-electron chi connectivity index (χ3n) is 8.64. The van der Waals surface area contributed by atoms with Gasteiger partial charge in [0.05, 0.1) is 11.0 Å². The van der Waals surface area contributed by atoms with Gasteiger partial charge < -0.3 is 4.57 Å². The maximum absolute atomic E-state index is 4.44. The van der Waals surface area contributed by atoms with Crippen LogP contribution >= 0.6 is 0 Å². The summed E-state index contributed by atoms with van der Waals surface area (Å²) in [6.07, 6.45) is 16.8. The number of para-hydroxylation sites is 1. The van der Waals surface area contributed by atoms with Crippen LogP contribution in [0.25, 0.3) is 46.7 Å². The molecule has 5 rings (SSSR count). The number of aromatic nitrogens is 1. The van der Waals surface area contributed by atoms with E-state index in [1.165, 1.54) is 33.4 Å². The van der Waals surface area contributed by atoms with Crippen LogP contribution in [0.1, 0.15) is 55.6 Å². The molecule has 0 spiro atoms. The van der Waals surface area contributed by atoms with Crippen molar-refractivity contribution >= 4 is 29.9 Å². The van der Waals surface area contributed by atoms with Gasteiger partial charge in [-0.3, -0.25) is 0 Å². The van der Waals surface area contributed by atoms with E-state index in [-0.39, 0.29) is 5.41 Å². The Labute approximate surface area is 257 Å². The minimum atomic E-state index is -0.0816. The van der Waals surface area contributed by atoms with E-state index in [9.17, 15) is 0 Å². The average Bonchev–Trinajstić information content (AvgIpc) is 3.39. The van der Waals surface area contributed by atoms with E-state index in [0.29, 0.717) is 0 Å². The minimum absolute atomic E-state index is 0.0816. The molecule has 1 aliphatic rings. The van der Waals surface area contributed by atoms with Crippen LogP contribution in [0.4, 0.5) is 0 Å². The lowest BCUT2D eigenvalue weighted by Crippen LogP contribution is -2.27. The Balaban J connectivity index is 1.56. The molecule has 1 aliphatic carbocycles. The molecule has 0 atom stereocenters. The quantitative estimate of drug-likeness (QED) is 0.189. The van der Waals surface area contributed by atoms with E-state index >= 15 is 0 Å². The lowest BCUT2D eigenvalue weighted by molar-refractivity contribution is 0.654. The van der Waals surface area contributed by atoms with Gasteiger partial charge >= 0.3 is 0 Å². The van der Waals surface area contributed by atoms with Gasteiger partial charge in [0.25, 0.3) is 0 Å². The molecule has 0 bridgehead atoms. The van der Waals surface area contributed by atoms with Gasteiger partial charge in [-0.25, -0.2) is 0 Å². The van der Waals surface area contributed by atoms with Crippen molar-refractivity contribution < 1.29 is 0 Å². The number of hydrogen-bond acceptors (Lipinski definition) is 0. The highest BCUT2D eigenvalue weighted by molar-refractivity contribution is 5.90. The molecule has 1 aromatic heterocycles. The minimum Gasteiger partial charge on any atom is -0.310 e. The monoisotopic (exact) mass is 559 g/mol. The summed E-state index contributed by atoms with van der Waals surface area (Å²) in [7, 11) is 0. The summed E-state index contributed by atoms with van der Waals surface area (Å²) in [4.78, 5) is 0. The predicted octanol–water partition coefficient (Wildman–Crippen LogP) is 9.75. The molecule has 43 heavy (non-hydrogen) atoms. The fourth-order valence-electron chi connectivity index (χ4n) is 6.22. The Morgan fingerprint density at radius 2 is 1.56 bits per heavy atom. The van der Waals surface area contributed by atoms with E-state index in [1.54, 1.807) is 0 Å².